The largest absolute Gasteiger partial charge is 0.387 e. The summed E-state index contributed by atoms with van der Waals surface area (Å²) in [5, 5.41) is 14.1. The van der Waals surface area contributed by atoms with Crippen LogP contribution in [0.4, 0.5) is 4.39 Å². The van der Waals surface area contributed by atoms with Gasteiger partial charge in [0.1, 0.15) is 10.8 Å². The smallest absolute Gasteiger partial charge is 0.129 e. The minimum atomic E-state index is -0.871. The minimum absolute atomic E-state index is 0.279. The van der Waals surface area contributed by atoms with E-state index in [2.05, 4.69) is 10.3 Å². The number of hydrogen-bond acceptors (Lipinski definition) is 4. The van der Waals surface area contributed by atoms with Crippen LogP contribution in [0.15, 0.2) is 60.8 Å². The van der Waals surface area contributed by atoms with Crippen molar-refractivity contribution in [2.45, 2.75) is 12.6 Å². The normalized spacial score (nSPS) is 12.3. The Balaban J connectivity index is 1.55. The Morgan fingerprint density at radius 2 is 1.83 bits per heavy atom. The summed E-state index contributed by atoms with van der Waals surface area (Å²) in [6.45, 7) is 0.824. The lowest BCUT2D eigenvalue weighted by Gasteiger charge is -2.12. The van der Waals surface area contributed by atoms with E-state index in [-0.39, 0.29) is 12.4 Å². The number of aliphatic hydroxyl groups excluding tert-OH is 1. The van der Waals surface area contributed by atoms with Gasteiger partial charge in [-0.2, -0.15) is 0 Å². The van der Waals surface area contributed by atoms with E-state index in [1.807, 2.05) is 36.5 Å². The van der Waals surface area contributed by atoms with E-state index in [0.717, 1.165) is 15.4 Å². The van der Waals surface area contributed by atoms with Gasteiger partial charge in [-0.25, -0.2) is 9.37 Å². The van der Waals surface area contributed by atoms with Crippen molar-refractivity contribution in [3.8, 4) is 10.4 Å². The lowest BCUT2D eigenvalue weighted by Crippen LogP contribution is -2.21. The number of nitrogens with one attached hydrogen (secondary N) is 1. The molecular weight excluding hydrogens is 311 g/mol. The standard InChI is InChI=1S/C18H17FN2OS/c19-15-9-5-4-8-14(15)16(22)10-20-12-18-21-11-17(23-18)13-6-2-1-3-7-13/h1-9,11,16,20,22H,10,12H2. The number of hydrogen-bond donors (Lipinski definition) is 2. The third-order valence-electron chi connectivity index (χ3n) is 3.49. The number of aliphatic hydroxyl groups is 1. The van der Waals surface area contributed by atoms with Crippen molar-refractivity contribution in [2.75, 3.05) is 6.54 Å². The summed E-state index contributed by atoms with van der Waals surface area (Å²) in [4.78, 5) is 5.49. The van der Waals surface area contributed by atoms with Gasteiger partial charge in [0.05, 0.1) is 11.0 Å². The number of benzene rings is 2. The highest BCUT2D eigenvalue weighted by Gasteiger charge is 2.12. The lowest BCUT2D eigenvalue weighted by atomic mass is 10.1. The molecule has 118 valence electrons. The molecule has 2 aromatic carbocycles. The van der Waals surface area contributed by atoms with Crippen molar-refractivity contribution >= 4 is 11.3 Å². The zero-order valence-electron chi connectivity index (χ0n) is 12.4. The van der Waals surface area contributed by atoms with Crippen LogP contribution < -0.4 is 5.32 Å². The van der Waals surface area contributed by atoms with Crippen molar-refractivity contribution in [1.82, 2.24) is 10.3 Å². The Bertz CT molecular complexity index is 760. The molecule has 0 aliphatic heterocycles. The summed E-state index contributed by atoms with van der Waals surface area (Å²) >= 11 is 1.61. The highest BCUT2D eigenvalue weighted by atomic mass is 32.1. The molecule has 0 saturated carbocycles. The summed E-state index contributed by atoms with van der Waals surface area (Å²) in [7, 11) is 0. The van der Waals surface area contributed by atoms with Gasteiger partial charge in [0.25, 0.3) is 0 Å². The van der Waals surface area contributed by atoms with Crippen LogP contribution in [0.5, 0.6) is 0 Å². The number of thiazole rings is 1. The van der Waals surface area contributed by atoms with Crippen molar-refractivity contribution in [3.05, 3.63) is 77.2 Å². The molecule has 0 fully saturated rings. The summed E-state index contributed by atoms with van der Waals surface area (Å²) in [6.07, 6.45) is 0.981. The van der Waals surface area contributed by atoms with Gasteiger partial charge in [-0.05, 0) is 11.6 Å². The Kier molecular flexibility index (Phi) is 5.12. The highest BCUT2D eigenvalue weighted by Crippen LogP contribution is 2.25. The average Bonchev–Trinajstić information content (AvgIpc) is 3.05. The third-order valence-corrected chi connectivity index (χ3v) is 4.54. The molecule has 0 bridgehead atoms. The number of rotatable bonds is 6. The number of nitrogens with zero attached hydrogens (tertiary/aromatic N) is 1. The molecule has 0 saturated heterocycles. The average molecular weight is 328 g/mol. The molecular formula is C18H17FN2OS. The Morgan fingerprint density at radius 1 is 1.09 bits per heavy atom. The summed E-state index contributed by atoms with van der Waals surface area (Å²) in [5.41, 5.74) is 1.45. The molecule has 5 heteroatoms. The van der Waals surface area contributed by atoms with Gasteiger partial charge in [0.15, 0.2) is 0 Å². The molecule has 0 radical (unpaired) electrons. The van der Waals surface area contributed by atoms with E-state index >= 15 is 0 Å². The minimum Gasteiger partial charge on any atom is -0.387 e. The Labute approximate surface area is 138 Å². The monoisotopic (exact) mass is 328 g/mol. The zero-order chi connectivity index (χ0) is 16.1. The van der Waals surface area contributed by atoms with Gasteiger partial charge in [0.2, 0.25) is 0 Å². The fraction of sp³-hybridized carbons (Fsp3) is 0.167. The first-order chi connectivity index (χ1) is 11.2. The van der Waals surface area contributed by atoms with Crippen molar-refractivity contribution in [3.63, 3.8) is 0 Å². The van der Waals surface area contributed by atoms with Gasteiger partial charge < -0.3 is 10.4 Å². The molecule has 0 aliphatic rings. The second kappa shape index (κ2) is 7.46. The molecule has 1 heterocycles. The maximum Gasteiger partial charge on any atom is 0.129 e. The SMILES string of the molecule is OC(CNCc1ncc(-c2ccccc2)s1)c1ccccc1F. The van der Waals surface area contributed by atoms with Crippen LogP contribution in [0.2, 0.25) is 0 Å². The second-order valence-corrected chi connectivity index (χ2v) is 6.27. The van der Waals surface area contributed by atoms with E-state index < -0.39 is 6.10 Å². The van der Waals surface area contributed by atoms with Gasteiger partial charge in [-0.3, -0.25) is 0 Å². The fourth-order valence-electron chi connectivity index (χ4n) is 2.30. The molecule has 0 spiro atoms. The second-order valence-electron chi connectivity index (χ2n) is 5.15. The molecule has 2 N–H and O–H groups in total. The van der Waals surface area contributed by atoms with Crippen LogP contribution in [0.1, 0.15) is 16.7 Å². The fourth-order valence-corrected chi connectivity index (χ4v) is 3.19. The molecule has 1 unspecified atom stereocenters. The van der Waals surface area contributed by atoms with E-state index in [0.29, 0.717) is 12.1 Å². The highest BCUT2D eigenvalue weighted by molar-refractivity contribution is 7.15. The lowest BCUT2D eigenvalue weighted by molar-refractivity contribution is 0.169. The van der Waals surface area contributed by atoms with Crippen molar-refractivity contribution in [1.29, 1.82) is 0 Å². The topological polar surface area (TPSA) is 45.1 Å². The van der Waals surface area contributed by atoms with Crippen LogP contribution in [-0.4, -0.2) is 16.6 Å². The molecule has 23 heavy (non-hydrogen) atoms. The summed E-state index contributed by atoms with van der Waals surface area (Å²) in [6, 6.07) is 16.4. The first-order valence-electron chi connectivity index (χ1n) is 7.37. The summed E-state index contributed by atoms with van der Waals surface area (Å²) < 4.78 is 13.6. The molecule has 0 aliphatic carbocycles. The van der Waals surface area contributed by atoms with Crippen LogP contribution >= 0.6 is 11.3 Å². The zero-order valence-corrected chi connectivity index (χ0v) is 13.3. The Hall–Kier alpha value is -2.08. The first-order valence-corrected chi connectivity index (χ1v) is 8.19. The number of halogens is 1. The van der Waals surface area contributed by atoms with Gasteiger partial charge >= 0.3 is 0 Å². The predicted octanol–water partition coefficient (Wildman–Crippen LogP) is 3.77. The van der Waals surface area contributed by atoms with Crippen molar-refractivity contribution in [2.24, 2.45) is 0 Å². The van der Waals surface area contributed by atoms with E-state index in [1.165, 1.54) is 6.07 Å². The van der Waals surface area contributed by atoms with Crippen molar-refractivity contribution < 1.29 is 9.50 Å². The molecule has 0 amide bonds. The molecule has 1 atom stereocenters. The van der Waals surface area contributed by atoms with E-state index in [4.69, 9.17) is 0 Å². The molecule has 3 aromatic rings. The van der Waals surface area contributed by atoms with Gasteiger partial charge in [0, 0.05) is 24.8 Å². The van der Waals surface area contributed by atoms with Crippen LogP contribution in [-0.2, 0) is 6.54 Å². The van der Waals surface area contributed by atoms with Crippen LogP contribution in [0, 0.1) is 5.82 Å². The maximum absolute atomic E-state index is 13.6. The number of aromatic nitrogens is 1. The first kappa shape index (κ1) is 15.8. The third kappa shape index (κ3) is 4.01. The van der Waals surface area contributed by atoms with E-state index in [1.54, 1.807) is 29.5 Å². The maximum atomic E-state index is 13.6. The molecule has 3 nitrogen and oxygen atoms in total. The molecule has 1 aromatic heterocycles. The molecule has 3 rings (SSSR count). The van der Waals surface area contributed by atoms with E-state index in [9.17, 15) is 9.50 Å². The van der Waals surface area contributed by atoms with Gasteiger partial charge in [-0.1, -0.05) is 48.5 Å². The van der Waals surface area contributed by atoms with Crippen LogP contribution in [0.3, 0.4) is 0 Å². The van der Waals surface area contributed by atoms with Gasteiger partial charge in [-0.15, -0.1) is 11.3 Å². The predicted molar refractivity (Wildman–Crippen MR) is 90.6 cm³/mol. The Morgan fingerprint density at radius 3 is 2.61 bits per heavy atom. The quantitative estimate of drug-likeness (QED) is 0.724. The van der Waals surface area contributed by atoms with Crippen LogP contribution in [0.25, 0.3) is 10.4 Å². The summed E-state index contributed by atoms with van der Waals surface area (Å²) in [5.74, 6) is -0.387.